The van der Waals surface area contributed by atoms with Crippen LogP contribution in [0.5, 0.6) is 5.75 Å². The van der Waals surface area contributed by atoms with Crippen molar-refractivity contribution in [3.63, 3.8) is 0 Å². The smallest absolute Gasteiger partial charge is 0.339 e. The Morgan fingerprint density at radius 1 is 1.02 bits per heavy atom. The van der Waals surface area contributed by atoms with Gasteiger partial charge in [0.1, 0.15) is 12.4 Å². The van der Waals surface area contributed by atoms with Crippen LogP contribution in [0.1, 0.15) is 48.5 Å². The number of halogens is 2. The predicted octanol–water partition coefficient (Wildman–Crippen LogP) is 5.17. The quantitative estimate of drug-likeness (QED) is 0.201. The third-order valence-electron chi connectivity index (χ3n) is 6.13. The third kappa shape index (κ3) is 7.75. The first-order valence-electron chi connectivity index (χ1n) is 12.5. The maximum atomic E-state index is 14.2. The zero-order valence-corrected chi connectivity index (χ0v) is 24.0. The summed E-state index contributed by atoms with van der Waals surface area (Å²) >= 11 is 13.0. The van der Waals surface area contributed by atoms with E-state index in [0.29, 0.717) is 36.0 Å². The Balaban J connectivity index is 2.12. The fourth-order valence-corrected chi connectivity index (χ4v) is 4.66. The summed E-state index contributed by atoms with van der Waals surface area (Å²) in [5, 5.41) is 0.369. The number of benzene rings is 1. The summed E-state index contributed by atoms with van der Waals surface area (Å²) in [5.74, 6) is 1.09. The fourth-order valence-electron chi connectivity index (χ4n) is 4.13. The highest BCUT2D eigenvalue weighted by atomic mass is 35.5. The van der Waals surface area contributed by atoms with Crippen molar-refractivity contribution < 1.29 is 33.3 Å². The Bertz CT molecular complexity index is 1340. The number of aromatic nitrogens is 1. The van der Waals surface area contributed by atoms with E-state index in [-0.39, 0.29) is 46.8 Å². The van der Waals surface area contributed by atoms with E-state index in [1.807, 2.05) is 0 Å². The van der Waals surface area contributed by atoms with E-state index >= 15 is 0 Å². The van der Waals surface area contributed by atoms with Crippen LogP contribution < -0.4 is 9.64 Å². The summed E-state index contributed by atoms with van der Waals surface area (Å²) in [7, 11) is 2.77. The minimum atomic E-state index is -0.605. The summed E-state index contributed by atoms with van der Waals surface area (Å²) in [6, 6.07) is 4.54. The number of rotatable bonds is 11. The van der Waals surface area contributed by atoms with Crippen LogP contribution in [0.4, 0.5) is 5.69 Å². The predicted molar refractivity (Wildman–Crippen MR) is 150 cm³/mol. The topological polar surface area (TPSA) is 104 Å². The number of carbonyl (C=O) groups excluding carboxylic acids is 3. The Labute approximate surface area is 243 Å². The number of terminal acetylenes is 1. The molecular formula is C29H30Cl2N2O7. The Morgan fingerprint density at radius 2 is 1.75 bits per heavy atom. The van der Waals surface area contributed by atoms with Crippen molar-refractivity contribution in [2.24, 2.45) is 0 Å². The fraction of sp³-hybridized carbons (Fsp3) is 0.379. The zero-order chi connectivity index (χ0) is 29.2. The number of amides is 1. The number of nitrogens with zero attached hydrogens (tertiary/aromatic N) is 2. The number of pyridine rings is 1. The molecule has 0 radical (unpaired) electrons. The lowest BCUT2D eigenvalue weighted by atomic mass is 9.90. The van der Waals surface area contributed by atoms with Crippen LogP contribution in [-0.4, -0.2) is 56.4 Å². The minimum absolute atomic E-state index is 0.0440. The molecule has 11 heteroatoms. The number of hydrogen-bond donors (Lipinski definition) is 0. The molecule has 0 bridgehead atoms. The molecule has 0 fully saturated rings. The first-order valence-corrected chi connectivity index (χ1v) is 13.3. The van der Waals surface area contributed by atoms with Gasteiger partial charge in [-0.1, -0.05) is 29.1 Å². The Hall–Kier alpha value is -3.58. The molecule has 1 aliphatic rings. The molecule has 0 aliphatic heterocycles. The van der Waals surface area contributed by atoms with Gasteiger partial charge in [-0.2, -0.15) is 0 Å². The second-order valence-corrected chi connectivity index (χ2v) is 9.73. The highest BCUT2D eigenvalue weighted by Gasteiger charge is 2.31. The highest BCUT2D eigenvalue weighted by molar-refractivity contribution is 6.37. The lowest BCUT2D eigenvalue weighted by Crippen LogP contribution is -2.34. The lowest BCUT2D eigenvalue weighted by Gasteiger charge is -2.28. The molecule has 0 saturated heterocycles. The molecule has 0 spiro atoms. The van der Waals surface area contributed by atoms with Crippen molar-refractivity contribution in [2.45, 2.75) is 45.3 Å². The van der Waals surface area contributed by atoms with Gasteiger partial charge < -0.3 is 23.8 Å². The summed E-state index contributed by atoms with van der Waals surface area (Å²) in [6.45, 7) is 1.92. The summed E-state index contributed by atoms with van der Waals surface area (Å²) in [4.78, 5) is 44.8. The maximum Gasteiger partial charge on any atom is 0.339 e. The SMILES string of the molecule is C#CC(C)Oc1cc(N(Cc2cncc(C(=O)OC)c2)C(=O)C2=C(C(=O)OCCOC)CCCC2)c(Cl)cc1Cl. The van der Waals surface area contributed by atoms with Gasteiger partial charge in [-0.05, 0) is 50.3 Å². The third-order valence-corrected chi connectivity index (χ3v) is 6.72. The lowest BCUT2D eigenvalue weighted by molar-refractivity contribution is -0.140. The first kappa shape index (κ1) is 31.0. The number of carbonyl (C=O) groups is 3. The normalized spacial score (nSPS) is 13.7. The van der Waals surface area contributed by atoms with Crippen LogP contribution in [0.15, 0.2) is 41.7 Å². The molecule has 0 saturated carbocycles. The van der Waals surface area contributed by atoms with Gasteiger partial charge in [-0.15, -0.1) is 6.42 Å². The van der Waals surface area contributed by atoms with Crippen LogP contribution in [0.25, 0.3) is 0 Å². The molecule has 1 aromatic heterocycles. The molecule has 1 aliphatic carbocycles. The summed E-state index contributed by atoms with van der Waals surface area (Å²) in [5.41, 5.74) is 1.62. The van der Waals surface area contributed by atoms with E-state index in [2.05, 4.69) is 10.9 Å². The molecule has 1 heterocycles. The minimum Gasteiger partial charge on any atom is -0.476 e. The maximum absolute atomic E-state index is 14.2. The van der Waals surface area contributed by atoms with Crippen molar-refractivity contribution in [1.82, 2.24) is 4.98 Å². The molecule has 0 N–H and O–H groups in total. The Kier molecular flexibility index (Phi) is 11.4. The molecule has 1 amide bonds. The van der Waals surface area contributed by atoms with Gasteiger partial charge in [0.2, 0.25) is 0 Å². The molecule has 40 heavy (non-hydrogen) atoms. The second-order valence-electron chi connectivity index (χ2n) is 8.92. The van der Waals surface area contributed by atoms with Crippen molar-refractivity contribution in [2.75, 3.05) is 32.3 Å². The van der Waals surface area contributed by atoms with Crippen LogP contribution in [0.2, 0.25) is 10.0 Å². The number of anilines is 1. The second kappa shape index (κ2) is 14.7. The number of methoxy groups -OCH3 is 2. The average molecular weight is 589 g/mol. The number of esters is 2. The van der Waals surface area contributed by atoms with Gasteiger partial charge in [-0.25, -0.2) is 9.59 Å². The van der Waals surface area contributed by atoms with Crippen molar-refractivity contribution in [1.29, 1.82) is 0 Å². The molecule has 2 aromatic rings. The molecule has 3 rings (SSSR count). The van der Waals surface area contributed by atoms with Gasteiger partial charge in [0.25, 0.3) is 5.91 Å². The van der Waals surface area contributed by atoms with Crippen molar-refractivity contribution >= 4 is 46.7 Å². The molecule has 1 atom stereocenters. The molecule has 9 nitrogen and oxygen atoms in total. The zero-order valence-electron chi connectivity index (χ0n) is 22.5. The van der Waals surface area contributed by atoms with Crippen molar-refractivity contribution in [3.8, 4) is 18.1 Å². The largest absolute Gasteiger partial charge is 0.476 e. The summed E-state index contributed by atoms with van der Waals surface area (Å²) < 4.78 is 20.9. The van der Waals surface area contributed by atoms with E-state index < -0.39 is 23.9 Å². The average Bonchev–Trinajstić information content (AvgIpc) is 2.96. The van der Waals surface area contributed by atoms with E-state index in [1.54, 1.807) is 13.0 Å². The van der Waals surface area contributed by atoms with Crippen LogP contribution >= 0.6 is 23.2 Å². The molecule has 1 aromatic carbocycles. The first-order chi connectivity index (χ1) is 19.2. The van der Waals surface area contributed by atoms with Crippen LogP contribution in [-0.2, 0) is 30.3 Å². The standard InChI is InChI=1S/C29H30Cl2N2O7/c1-5-18(2)40-26-14-25(23(30)13-24(26)31)33(17-19-12-20(16-32-15-19)28(35)38-4)27(34)21-8-6-7-9-22(21)29(36)39-11-10-37-3/h1,12-16,18H,6-11,17H2,2-4H3. The van der Waals surface area contributed by atoms with Crippen molar-refractivity contribution in [3.05, 3.63) is 62.9 Å². The van der Waals surface area contributed by atoms with Gasteiger partial charge in [0.05, 0.1) is 41.6 Å². The van der Waals surface area contributed by atoms with E-state index in [1.165, 1.54) is 43.6 Å². The van der Waals surface area contributed by atoms with E-state index in [0.717, 1.165) is 6.42 Å². The molecule has 212 valence electrons. The van der Waals surface area contributed by atoms with Gasteiger partial charge in [-0.3, -0.25) is 9.78 Å². The molecule has 1 unspecified atom stereocenters. The van der Waals surface area contributed by atoms with E-state index in [4.69, 9.17) is 48.6 Å². The van der Waals surface area contributed by atoms with Gasteiger partial charge in [0, 0.05) is 36.7 Å². The van der Waals surface area contributed by atoms with Crippen LogP contribution in [0, 0.1) is 12.3 Å². The van der Waals surface area contributed by atoms with Crippen LogP contribution in [0.3, 0.4) is 0 Å². The van der Waals surface area contributed by atoms with Gasteiger partial charge >= 0.3 is 11.9 Å². The highest BCUT2D eigenvalue weighted by Crippen LogP contribution is 2.39. The monoisotopic (exact) mass is 588 g/mol. The Morgan fingerprint density at radius 3 is 2.42 bits per heavy atom. The summed E-state index contributed by atoms with van der Waals surface area (Å²) in [6.07, 6.45) is 9.96. The number of hydrogen-bond acceptors (Lipinski definition) is 8. The van der Waals surface area contributed by atoms with Gasteiger partial charge in [0.15, 0.2) is 6.10 Å². The number of ether oxygens (including phenoxy) is 4. The molecular weight excluding hydrogens is 559 g/mol. The van der Waals surface area contributed by atoms with E-state index in [9.17, 15) is 14.4 Å².